The smallest absolute Gasteiger partial charge is 0.429 e. The minimum absolute atomic E-state index is 0.0329. The highest BCUT2D eigenvalue weighted by Crippen LogP contribution is 2.40. The topological polar surface area (TPSA) is 9.23 Å². The van der Waals surface area contributed by atoms with E-state index in [9.17, 15) is 43.9 Å². The predicted molar refractivity (Wildman–Crippen MR) is 128 cm³/mol. The van der Waals surface area contributed by atoms with Gasteiger partial charge in [0.15, 0.2) is 0 Å². The SMILES string of the molecule is CC1CCC(c2ccc(-c3cc(F)c(C(F)(F)Oc4cc(F)c(/C(F)=C/C(F)(F)F)c(F)c4)c(F)c3)cc2)CC1. The summed E-state index contributed by atoms with van der Waals surface area (Å²) in [7, 11) is 0. The number of benzene rings is 3. The van der Waals surface area contributed by atoms with Crippen molar-refractivity contribution < 1.29 is 48.6 Å². The van der Waals surface area contributed by atoms with Crippen LogP contribution in [0.4, 0.5) is 43.9 Å². The first-order valence-corrected chi connectivity index (χ1v) is 12.3. The highest BCUT2D eigenvalue weighted by Gasteiger charge is 2.42. The molecule has 3 aromatic rings. The van der Waals surface area contributed by atoms with Crippen LogP contribution in [0.3, 0.4) is 0 Å². The number of ether oxygens (including phenoxy) is 1. The molecule has 0 aromatic heterocycles. The Morgan fingerprint density at radius 1 is 0.750 bits per heavy atom. The molecule has 1 nitrogen and oxygen atoms in total. The minimum Gasteiger partial charge on any atom is -0.429 e. The molecule has 0 amide bonds. The summed E-state index contributed by atoms with van der Waals surface area (Å²) in [4.78, 5) is 0. The van der Waals surface area contributed by atoms with Gasteiger partial charge in [-0.2, -0.15) is 22.0 Å². The van der Waals surface area contributed by atoms with E-state index in [2.05, 4.69) is 11.7 Å². The molecule has 11 heteroatoms. The number of allylic oxidation sites excluding steroid dienone is 1. The second kappa shape index (κ2) is 11.2. The lowest BCUT2D eigenvalue weighted by Gasteiger charge is -2.26. The van der Waals surface area contributed by atoms with E-state index in [1.165, 1.54) is 0 Å². The van der Waals surface area contributed by atoms with Gasteiger partial charge in [0, 0.05) is 12.1 Å². The van der Waals surface area contributed by atoms with Crippen LogP contribution in [0.5, 0.6) is 5.75 Å². The van der Waals surface area contributed by atoms with Crippen molar-refractivity contribution in [2.24, 2.45) is 5.92 Å². The summed E-state index contributed by atoms with van der Waals surface area (Å²) < 4.78 is 142. The van der Waals surface area contributed by atoms with E-state index >= 15 is 0 Å². The minimum atomic E-state index is -5.26. The summed E-state index contributed by atoms with van der Waals surface area (Å²) in [5, 5.41) is 0. The fourth-order valence-electron chi connectivity index (χ4n) is 4.81. The predicted octanol–water partition coefficient (Wildman–Crippen LogP) is 10.2. The molecular weight excluding hydrogens is 554 g/mol. The van der Waals surface area contributed by atoms with Crippen LogP contribution in [0.2, 0.25) is 0 Å². The van der Waals surface area contributed by atoms with E-state index in [1.54, 1.807) is 12.1 Å². The third kappa shape index (κ3) is 6.62. The monoisotopic (exact) mass is 576 g/mol. The summed E-state index contributed by atoms with van der Waals surface area (Å²) in [6.45, 7) is 2.19. The lowest BCUT2D eigenvalue weighted by Crippen LogP contribution is -2.25. The highest BCUT2D eigenvalue weighted by atomic mass is 19.4. The molecule has 40 heavy (non-hydrogen) atoms. The molecule has 0 bridgehead atoms. The zero-order chi connectivity index (χ0) is 29.4. The molecule has 0 atom stereocenters. The quantitative estimate of drug-likeness (QED) is 0.265. The number of alkyl halides is 5. The summed E-state index contributed by atoms with van der Waals surface area (Å²) in [5.41, 5.74) is -2.27. The van der Waals surface area contributed by atoms with Gasteiger partial charge in [-0.15, -0.1) is 0 Å². The van der Waals surface area contributed by atoms with Gasteiger partial charge < -0.3 is 4.74 Å². The van der Waals surface area contributed by atoms with Crippen molar-refractivity contribution in [2.75, 3.05) is 0 Å². The van der Waals surface area contributed by atoms with E-state index in [0.29, 0.717) is 29.5 Å². The van der Waals surface area contributed by atoms with E-state index in [4.69, 9.17) is 0 Å². The van der Waals surface area contributed by atoms with Crippen LogP contribution in [-0.4, -0.2) is 6.18 Å². The van der Waals surface area contributed by atoms with Crippen LogP contribution >= 0.6 is 0 Å². The molecule has 1 fully saturated rings. The molecule has 1 aliphatic carbocycles. The lowest BCUT2D eigenvalue weighted by atomic mass is 9.79. The van der Waals surface area contributed by atoms with Gasteiger partial charge >= 0.3 is 12.3 Å². The third-order valence-electron chi connectivity index (χ3n) is 6.86. The van der Waals surface area contributed by atoms with Crippen LogP contribution < -0.4 is 4.74 Å². The van der Waals surface area contributed by atoms with E-state index in [0.717, 1.165) is 31.2 Å². The molecule has 0 spiro atoms. The zero-order valence-corrected chi connectivity index (χ0v) is 20.9. The Bertz CT molecular complexity index is 1360. The zero-order valence-electron chi connectivity index (χ0n) is 20.9. The van der Waals surface area contributed by atoms with Crippen molar-refractivity contribution in [3.63, 3.8) is 0 Å². The van der Waals surface area contributed by atoms with Crippen molar-refractivity contribution in [3.8, 4) is 16.9 Å². The van der Waals surface area contributed by atoms with Gasteiger partial charge in [0.25, 0.3) is 0 Å². The molecule has 0 aliphatic heterocycles. The van der Waals surface area contributed by atoms with Gasteiger partial charge in [-0.25, -0.2) is 22.0 Å². The van der Waals surface area contributed by atoms with Gasteiger partial charge in [0.05, 0.1) is 11.6 Å². The van der Waals surface area contributed by atoms with Crippen molar-refractivity contribution >= 4 is 5.83 Å². The summed E-state index contributed by atoms with van der Waals surface area (Å²) >= 11 is 0. The van der Waals surface area contributed by atoms with Gasteiger partial charge in [0.1, 0.15) is 40.4 Å². The maximum Gasteiger partial charge on any atom is 0.432 e. The van der Waals surface area contributed by atoms with Crippen LogP contribution in [-0.2, 0) is 6.11 Å². The largest absolute Gasteiger partial charge is 0.432 e. The molecule has 0 unspecified atom stereocenters. The average Bonchev–Trinajstić information content (AvgIpc) is 2.82. The molecule has 4 rings (SSSR count). The van der Waals surface area contributed by atoms with Crippen LogP contribution in [0.15, 0.2) is 54.6 Å². The number of hydrogen-bond donors (Lipinski definition) is 0. The second-order valence-corrected chi connectivity index (χ2v) is 9.81. The van der Waals surface area contributed by atoms with E-state index < -0.39 is 64.3 Å². The van der Waals surface area contributed by atoms with Crippen LogP contribution in [0.1, 0.15) is 55.2 Å². The first-order chi connectivity index (χ1) is 18.6. The fraction of sp³-hybridized carbons (Fsp3) is 0.310. The van der Waals surface area contributed by atoms with Crippen LogP contribution in [0.25, 0.3) is 17.0 Å². The molecular formula is C29H22F10O. The molecule has 0 N–H and O–H groups in total. The Kier molecular flexibility index (Phi) is 8.23. The Morgan fingerprint density at radius 2 is 1.27 bits per heavy atom. The van der Waals surface area contributed by atoms with Crippen molar-refractivity contribution in [1.29, 1.82) is 0 Å². The van der Waals surface area contributed by atoms with Gasteiger partial charge in [0.2, 0.25) is 0 Å². The van der Waals surface area contributed by atoms with E-state index in [-0.39, 0.29) is 17.7 Å². The maximum absolute atomic E-state index is 14.8. The van der Waals surface area contributed by atoms with Gasteiger partial charge in [-0.1, -0.05) is 44.0 Å². The van der Waals surface area contributed by atoms with Gasteiger partial charge in [-0.05, 0) is 53.5 Å². The molecule has 0 saturated heterocycles. The lowest BCUT2D eigenvalue weighted by molar-refractivity contribution is -0.189. The van der Waals surface area contributed by atoms with Crippen molar-refractivity contribution in [1.82, 2.24) is 0 Å². The van der Waals surface area contributed by atoms with Crippen molar-refractivity contribution in [3.05, 3.63) is 94.6 Å². The molecule has 1 saturated carbocycles. The Balaban J connectivity index is 1.57. The Morgan fingerprint density at radius 3 is 1.77 bits per heavy atom. The number of halogens is 10. The summed E-state index contributed by atoms with van der Waals surface area (Å²) in [6, 6.07) is 8.10. The van der Waals surface area contributed by atoms with E-state index in [1.807, 2.05) is 12.1 Å². The maximum atomic E-state index is 14.8. The molecule has 214 valence electrons. The fourth-order valence-corrected chi connectivity index (χ4v) is 4.81. The Hall–Kier alpha value is -3.50. The summed E-state index contributed by atoms with van der Waals surface area (Å²) in [6.07, 6.45) is -6.88. The highest BCUT2D eigenvalue weighted by molar-refractivity contribution is 5.65. The number of hydrogen-bond acceptors (Lipinski definition) is 1. The molecule has 1 aliphatic rings. The number of rotatable bonds is 6. The first kappa shape index (κ1) is 29.5. The average molecular weight is 576 g/mol. The Labute approximate surface area is 223 Å². The normalized spacial score (nSPS) is 18.6. The molecule has 0 heterocycles. The molecule has 0 radical (unpaired) electrons. The van der Waals surface area contributed by atoms with Crippen molar-refractivity contribution in [2.45, 2.75) is 50.8 Å². The first-order valence-electron chi connectivity index (χ1n) is 12.3. The second-order valence-electron chi connectivity index (χ2n) is 9.81. The third-order valence-corrected chi connectivity index (χ3v) is 6.86. The summed E-state index contributed by atoms with van der Waals surface area (Å²) in [5.74, 6) is -10.1. The van der Waals surface area contributed by atoms with Gasteiger partial charge in [-0.3, -0.25) is 0 Å². The standard InChI is InChI=1S/C29H22F10O/c1-15-2-4-16(5-3-15)17-6-8-18(9-7-17)19-10-23(32)27(24(33)11-19)29(38,39)40-20-12-21(30)26(22(31)13-20)25(34)14-28(35,36)37/h6-16H,2-5H2,1H3/b25-14-. The molecule has 3 aromatic carbocycles. The van der Waals surface area contributed by atoms with Crippen LogP contribution in [0, 0.1) is 29.2 Å².